The topological polar surface area (TPSA) is 64.2 Å². The Morgan fingerprint density at radius 1 is 1.75 bits per heavy atom. The summed E-state index contributed by atoms with van der Waals surface area (Å²) in [6.45, 7) is 1.22. The molecule has 0 saturated heterocycles. The predicted molar refractivity (Wildman–Crippen MR) is 27.9 cm³/mol. The third-order valence-corrected chi connectivity index (χ3v) is 0.968. The highest BCUT2D eigenvalue weighted by Gasteiger charge is 2.10. The van der Waals surface area contributed by atoms with E-state index >= 15 is 0 Å². The zero-order valence-corrected chi connectivity index (χ0v) is 4.70. The molecule has 2 N–H and O–H groups in total. The van der Waals surface area contributed by atoms with E-state index in [1.807, 2.05) is 0 Å². The minimum atomic E-state index is -0.889. The number of hydrogen-bond donors (Lipinski definition) is 2. The molecule has 0 saturated carbocycles. The molecule has 0 spiro atoms. The highest BCUT2D eigenvalue weighted by atomic mass is 16.3. The van der Waals surface area contributed by atoms with Gasteiger partial charge in [-0.1, -0.05) is 0 Å². The van der Waals surface area contributed by atoms with Crippen molar-refractivity contribution in [2.45, 2.75) is 13.0 Å². The zero-order valence-electron chi connectivity index (χ0n) is 4.70. The van der Waals surface area contributed by atoms with Crippen LogP contribution in [-0.2, 0) is 0 Å². The Morgan fingerprint density at radius 2 is 2.25 bits per heavy atom. The summed E-state index contributed by atoms with van der Waals surface area (Å²) in [5, 5.41) is 25.0. The molecular weight excluding hydrogens is 106 g/mol. The largest absolute Gasteiger partial charge is 0.394 e. The van der Waals surface area contributed by atoms with Gasteiger partial charge in [0.1, 0.15) is 0 Å². The standard InChI is InChI=1S/C5H9NO2/c1-4(2-6)5(8)3-7/h4-5,7-8H,3H2,1H3/t4?,5-/m1/s1. The van der Waals surface area contributed by atoms with Crippen LogP contribution in [0.15, 0.2) is 0 Å². The zero-order chi connectivity index (χ0) is 6.57. The van der Waals surface area contributed by atoms with Crippen LogP contribution in [-0.4, -0.2) is 22.9 Å². The number of rotatable bonds is 2. The Morgan fingerprint density at radius 3 is 2.38 bits per heavy atom. The smallest absolute Gasteiger partial charge is 0.0925 e. The van der Waals surface area contributed by atoms with Gasteiger partial charge in [0.25, 0.3) is 0 Å². The molecule has 0 aromatic heterocycles. The van der Waals surface area contributed by atoms with Gasteiger partial charge in [-0.25, -0.2) is 0 Å². The van der Waals surface area contributed by atoms with Gasteiger partial charge in [-0.2, -0.15) is 5.26 Å². The number of hydrogen-bond acceptors (Lipinski definition) is 3. The van der Waals surface area contributed by atoms with Crippen LogP contribution >= 0.6 is 0 Å². The molecule has 46 valence electrons. The third-order valence-electron chi connectivity index (χ3n) is 0.968. The van der Waals surface area contributed by atoms with E-state index in [-0.39, 0.29) is 6.61 Å². The van der Waals surface area contributed by atoms with Crippen LogP contribution < -0.4 is 0 Å². The van der Waals surface area contributed by atoms with Crippen molar-refractivity contribution in [1.29, 1.82) is 5.26 Å². The fourth-order valence-electron chi connectivity index (χ4n) is 0.244. The lowest BCUT2D eigenvalue weighted by Gasteiger charge is -2.06. The first-order valence-electron chi connectivity index (χ1n) is 2.41. The van der Waals surface area contributed by atoms with E-state index in [0.717, 1.165) is 0 Å². The maximum absolute atomic E-state index is 8.65. The lowest BCUT2D eigenvalue weighted by molar-refractivity contribution is 0.0706. The van der Waals surface area contributed by atoms with Crippen molar-refractivity contribution in [2.24, 2.45) is 5.92 Å². The van der Waals surface area contributed by atoms with Gasteiger partial charge in [-0.05, 0) is 6.92 Å². The molecule has 0 amide bonds. The maximum atomic E-state index is 8.65. The van der Waals surface area contributed by atoms with E-state index in [1.165, 1.54) is 0 Å². The monoisotopic (exact) mass is 115 g/mol. The van der Waals surface area contributed by atoms with Crippen molar-refractivity contribution in [3.05, 3.63) is 0 Å². The molecule has 2 atom stereocenters. The molecule has 0 aromatic rings. The summed E-state index contributed by atoms with van der Waals surface area (Å²) in [6, 6.07) is 1.81. The Hall–Kier alpha value is -0.590. The minimum Gasteiger partial charge on any atom is -0.394 e. The molecule has 0 aromatic carbocycles. The fraction of sp³-hybridized carbons (Fsp3) is 0.800. The molecular formula is C5H9NO2. The molecule has 0 rings (SSSR count). The second-order valence-electron chi connectivity index (χ2n) is 1.67. The average molecular weight is 115 g/mol. The van der Waals surface area contributed by atoms with Gasteiger partial charge in [0, 0.05) is 0 Å². The summed E-state index contributed by atoms with van der Waals surface area (Å²) in [5.41, 5.74) is 0. The van der Waals surface area contributed by atoms with Gasteiger partial charge in [-0.15, -0.1) is 0 Å². The normalized spacial score (nSPS) is 16.8. The quantitative estimate of drug-likeness (QED) is 0.510. The first-order valence-corrected chi connectivity index (χ1v) is 2.41. The van der Waals surface area contributed by atoms with E-state index < -0.39 is 12.0 Å². The van der Waals surface area contributed by atoms with E-state index in [9.17, 15) is 0 Å². The molecule has 0 radical (unpaired) electrons. The molecule has 0 aliphatic carbocycles. The van der Waals surface area contributed by atoms with Crippen LogP contribution in [0.25, 0.3) is 0 Å². The Bertz CT molecular complexity index is 97.1. The van der Waals surface area contributed by atoms with Crippen LogP contribution in [0.1, 0.15) is 6.92 Å². The number of nitrogens with zero attached hydrogens (tertiary/aromatic N) is 1. The lowest BCUT2D eigenvalue weighted by atomic mass is 10.1. The Balaban J connectivity index is 3.49. The van der Waals surface area contributed by atoms with E-state index in [4.69, 9.17) is 15.5 Å². The van der Waals surface area contributed by atoms with Crippen LogP contribution in [0.2, 0.25) is 0 Å². The highest BCUT2D eigenvalue weighted by Crippen LogP contribution is 1.97. The van der Waals surface area contributed by atoms with E-state index in [0.29, 0.717) is 0 Å². The summed E-state index contributed by atoms with van der Waals surface area (Å²) >= 11 is 0. The summed E-state index contributed by atoms with van der Waals surface area (Å²) in [6.07, 6.45) is -0.889. The van der Waals surface area contributed by atoms with Crippen molar-refractivity contribution in [3.8, 4) is 6.07 Å². The molecule has 8 heavy (non-hydrogen) atoms. The van der Waals surface area contributed by atoms with Crippen LogP contribution in [0.4, 0.5) is 0 Å². The van der Waals surface area contributed by atoms with Crippen LogP contribution in [0, 0.1) is 17.2 Å². The average Bonchev–Trinajstić information content (AvgIpc) is 1.84. The first-order chi connectivity index (χ1) is 3.72. The molecule has 3 nitrogen and oxygen atoms in total. The number of aliphatic hydroxyl groups is 2. The molecule has 0 aliphatic heterocycles. The van der Waals surface area contributed by atoms with E-state index in [2.05, 4.69) is 0 Å². The van der Waals surface area contributed by atoms with Crippen LogP contribution in [0.5, 0.6) is 0 Å². The van der Waals surface area contributed by atoms with Crippen molar-refractivity contribution in [2.75, 3.05) is 6.61 Å². The molecule has 0 heterocycles. The molecule has 0 fully saturated rings. The van der Waals surface area contributed by atoms with E-state index in [1.54, 1.807) is 13.0 Å². The second-order valence-corrected chi connectivity index (χ2v) is 1.67. The van der Waals surface area contributed by atoms with Crippen molar-refractivity contribution < 1.29 is 10.2 Å². The molecule has 0 bridgehead atoms. The number of nitriles is 1. The van der Waals surface area contributed by atoms with Crippen molar-refractivity contribution in [1.82, 2.24) is 0 Å². The molecule has 1 unspecified atom stereocenters. The predicted octanol–water partition coefficient (Wildman–Crippen LogP) is -0.501. The van der Waals surface area contributed by atoms with Gasteiger partial charge in [0.2, 0.25) is 0 Å². The number of aliphatic hydroxyl groups excluding tert-OH is 2. The summed E-state index contributed by atoms with van der Waals surface area (Å²) in [4.78, 5) is 0. The fourth-order valence-corrected chi connectivity index (χ4v) is 0.244. The van der Waals surface area contributed by atoms with Gasteiger partial charge >= 0.3 is 0 Å². The van der Waals surface area contributed by atoms with Crippen molar-refractivity contribution in [3.63, 3.8) is 0 Å². The summed E-state index contributed by atoms with van der Waals surface area (Å²) < 4.78 is 0. The summed E-state index contributed by atoms with van der Waals surface area (Å²) in [7, 11) is 0. The van der Waals surface area contributed by atoms with Crippen molar-refractivity contribution >= 4 is 0 Å². The van der Waals surface area contributed by atoms with Gasteiger partial charge in [0.15, 0.2) is 0 Å². The third kappa shape index (κ3) is 1.92. The second kappa shape index (κ2) is 3.42. The Kier molecular flexibility index (Phi) is 3.16. The van der Waals surface area contributed by atoms with Gasteiger partial charge < -0.3 is 10.2 Å². The van der Waals surface area contributed by atoms with Gasteiger partial charge in [-0.3, -0.25) is 0 Å². The first kappa shape index (κ1) is 7.41. The van der Waals surface area contributed by atoms with Gasteiger partial charge in [0.05, 0.1) is 24.7 Å². The summed E-state index contributed by atoms with van der Waals surface area (Å²) in [5.74, 6) is -0.472. The lowest BCUT2D eigenvalue weighted by Crippen LogP contribution is -2.19. The highest BCUT2D eigenvalue weighted by molar-refractivity contribution is 4.83. The maximum Gasteiger partial charge on any atom is 0.0925 e. The SMILES string of the molecule is CC(C#N)[C@H](O)CO. The molecule has 3 heteroatoms. The molecule has 0 aliphatic rings. The Labute approximate surface area is 48.2 Å². The van der Waals surface area contributed by atoms with Crippen LogP contribution in [0.3, 0.4) is 0 Å². The minimum absolute atomic E-state index is 0.339.